The Bertz CT molecular complexity index is 1040. The Kier molecular flexibility index (Phi) is 6.70. The van der Waals surface area contributed by atoms with E-state index in [4.69, 9.17) is 4.74 Å². The highest BCUT2D eigenvalue weighted by atomic mass is 32.2. The van der Waals surface area contributed by atoms with Gasteiger partial charge in [-0.05, 0) is 45.0 Å². The summed E-state index contributed by atoms with van der Waals surface area (Å²) in [6.45, 7) is 5.69. The third kappa shape index (κ3) is 5.13. The average Bonchev–Trinajstić information content (AvgIpc) is 2.71. The van der Waals surface area contributed by atoms with Crippen LogP contribution in [-0.2, 0) is 14.8 Å². The molecule has 3 rings (SSSR count). The summed E-state index contributed by atoms with van der Waals surface area (Å²) in [5, 5.41) is 2.99. The third-order valence-electron chi connectivity index (χ3n) is 4.90. The number of nitrogens with one attached hydrogen (secondary N) is 1. The van der Waals surface area contributed by atoms with Gasteiger partial charge in [0.15, 0.2) is 11.6 Å². The van der Waals surface area contributed by atoms with E-state index in [1.165, 1.54) is 23.4 Å². The van der Waals surface area contributed by atoms with Crippen LogP contribution in [0.2, 0.25) is 0 Å². The molecule has 8 heteroatoms. The maximum absolute atomic E-state index is 13.0. The first kappa shape index (κ1) is 22.1. The summed E-state index contributed by atoms with van der Waals surface area (Å²) in [7, 11) is -3.72. The summed E-state index contributed by atoms with van der Waals surface area (Å²) < 4.78 is 33.1. The normalized spacial score (nSPS) is 20.0. The van der Waals surface area contributed by atoms with Crippen LogP contribution in [0, 0.1) is 0 Å². The van der Waals surface area contributed by atoms with Gasteiger partial charge in [-0.1, -0.05) is 24.3 Å². The number of sulfonamides is 1. The van der Waals surface area contributed by atoms with Gasteiger partial charge < -0.3 is 10.1 Å². The monoisotopic (exact) mass is 430 g/mol. The molecule has 2 aromatic carbocycles. The van der Waals surface area contributed by atoms with Crippen molar-refractivity contribution in [2.24, 2.45) is 0 Å². The Labute approximate surface area is 177 Å². The van der Waals surface area contributed by atoms with Crippen LogP contribution in [0.25, 0.3) is 0 Å². The molecule has 0 radical (unpaired) electrons. The van der Waals surface area contributed by atoms with Gasteiger partial charge in [0.1, 0.15) is 0 Å². The van der Waals surface area contributed by atoms with Crippen molar-refractivity contribution in [3.05, 3.63) is 59.7 Å². The maximum atomic E-state index is 13.0. The molecule has 0 bridgehead atoms. The zero-order chi connectivity index (χ0) is 21.9. The highest BCUT2D eigenvalue weighted by Gasteiger charge is 2.32. The summed E-state index contributed by atoms with van der Waals surface area (Å²) in [4.78, 5) is 24.2. The molecule has 1 N–H and O–H groups in total. The standard InChI is InChI=1S/C22H26N2O5S/c1-15-13-24(14-16(2)29-15)30(27,28)21-9-5-7-19(11-21)22(26)12-23-20-8-4-6-18(10-20)17(3)25/h4-11,15-16,23H,12-14H2,1-3H3. The van der Waals surface area contributed by atoms with Crippen LogP contribution >= 0.6 is 0 Å². The molecule has 0 saturated carbocycles. The molecule has 1 aliphatic rings. The summed E-state index contributed by atoms with van der Waals surface area (Å²) in [6.07, 6.45) is -0.383. The van der Waals surface area contributed by atoms with E-state index in [0.717, 1.165) is 0 Å². The number of Topliss-reactive ketones (excluding diaryl/α,β-unsaturated/α-hetero) is 2. The molecule has 1 aliphatic heterocycles. The first-order chi connectivity index (χ1) is 14.2. The first-order valence-electron chi connectivity index (χ1n) is 9.80. The molecular weight excluding hydrogens is 404 g/mol. The second kappa shape index (κ2) is 9.07. The second-order valence-electron chi connectivity index (χ2n) is 7.52. The number of carbonyl (C=O) groups is 2. The average molecular weight is 431 g/mol. The van der Waals surface area contributed by atoms with E-state index in [1.54, 1.807) is 36.4 Å². The van der Waals surface area contributed by atoms with E-state index >= 15 is 0 Å². The van der Waals surface area contributed by atoms with E-state index in [9.17, 15) is 18.0 Å². The molecule has 2 unspecified atom stereocenters. The predicted octanol–water partition coefficient (Wildman–Crippen LogP) is 2.98. The largest absolute Gasteiger partial charge is 0.378 e. The lowest BCUT2D eigenvalue weighted by Gasteiger charge is -2.34. The van der Waals surface area contributed by atoms with Gasteiger partial charge >= 0.3 is 0 Å². The number of morpholine rings is 1. The summed E-state index contributed by atoms with van der Waals surface area (Å²) in [6, 6.07) is 13.0. The number of rotatable bonds is 7. The van der Waals surface area contributed by atoms with Gasteiger partial charge in [0.2, 0.25) is 10.0 Å². The van der Waals surface area contributed by atoms with Gasteiger partial charge in [0.25, 0.3) is 0 Å². The van der Waals surface area contributed by atoms with Gasteiger partial charge in [-0.25, -0.2) is 8.42 Å². The zero-order valence-corrected chi connectivity index (χ0v) is 18.1. The lowest BCUT2D eigenvalue weighted by atomic mass is 10.1. The smallest absolute Gasteiger partial charge is 0.243 e. The minimum absolute atomic E-state index is 0.0174. The fourth-order valence-electron chi connectivity index (χ4n) is 3.44. The van der Waals surface area contributed by atoms with Crippen LogP contribution in [-0.4, -0.2) is 56.1 Å². The van der Waals surface area contributed by atoms with Crippen LogP contribution in [0.5, 0.6) is 0 Å². The quantitative estimate of drug-likeness (QED) is 0.679. The fourth-order valence-corrected chi connectivity index (χ4v) is 5.08. The van der Waals surface area contributed by atoms with Crippen molar-refractivity contribution in [3.8, 4) is 0 Å². The maximum Gasteiger partial charge on any atom is 0.243 e. The van der Waals surface area contributed by atoms with Crippen LogP contribution in [0.3, 0.4) is 0 Å². The molecule has 1 fully saturated rings. The molecule has 0 amide bonds. The summed E-state index contributed by atoms with van der Waals surface area (Å²) in [5.74, 6) is -0.307. The van der Waals surface area contributed by atoms with Gasteiger partial charge in [-0.3, -0.25) is 9.59 Å². The number of ether oxygens (including phenoxy) is 1. The number of benzene rings is 2. The van der Waals surface area contributed by atoms with Crippen molar-refractivity contribution in [2.75, 3.05) is 25.0 Å². The lowest BCUT2D eigenvalue weighted by molar-refractivity contribution is -0.0440. The molecule has 2 atom stereocenters. The Morgan fingerprint density at radius 3 is 2.33 bits per heavy atom. The van der Waals surface area contributed by atoms with Gasteiger partial charge in [0, 0.05) is 29.9 Å². The third-order valence-corrected chi connectivity index (χ3v) is 6.73. The number of anilines is 1. The van der Waals surface area contributed by atoms with E-state index in [-0.39, 0.29) is 48.3 Å². The number of nitrogens with zero attached hydrogens (tertiary/aromatic N) is 1. The highest BCUT2D eigenvalue weighted by molar-refractivity contribution is 7.89. The van der Waals surface area contributed by atoms with Crippen molar-refractivity contribution in [2.45, 2.75) is 37.9 Å². The summed E-state index contributed by atoms with van der Waals surface area (Å²) >= 11 is 0. The first-order valence-corrected chi connectivity index (χ1v) is 11.2. The van der Waals surface area contributed by atoms with Gasteiger partial charge in [0.05, 0.1) is 23.6 Å². The Balaban J connectivity index is 1.74. The fraction of sp³-hybridized carbons (Fsp3) is 0.364. The molecule has 1 saturated heterocycles. The number of hydrogen-bond donors (Lipinski definition) is 1. The number of carbonyl (C=O) groups excluding carboxylic acids is 2. The van der Waals surface area contributed by atoms with Crippen molar-refractivity contribution in [1.29, 1.82) is 0 Å². The Morgan fingerprint density at radius 2 is 1.67 bits per heavy atom. The molecular formula is C22H26N2O5S. The molecule has 0 spiro atoms. The molecule has 160 valence electrons. The SMILES string of the molecule is CC(=O)c1cccc(NCC(=O)c2cccc(S(=O)(=O)N3CC(C)OC(C)C3)c2)c1. The minimum Gasteiger partial charge on any atom is -0.378 e. The van der Waals surface area contributed by atoms with Crippen LogP contribution in [0.1, 0.15) is 41.5 Å². The van der Waals surface area contributed by atoms with Crippen LogP contribution in [0.4, 0.5) is 5.69 Å². The molecule has 30 heavy (non-hydrogen) atoms. The van der Waals surface area contributed by atoms with E-state index in [0.29, 0.717) is 16.8 Å². The van der Waals surface area contributed by atoms with Gasteiger partial charge in [-0.2, -0.15) is 4.31 Å². The van der Waals surface area contributed by atoms with Crippen molar-refractivity contribution in [1.82, 2.24) is 4.31 Å². The molecule has 2 aromatic rings. The lowest BCUT2D eigenvalue weighted by Crippen LogP contribution is -2.48. The number of ketones is 2. The Morgan fingerprint density at radius 1 is 1.03 bits per heavy atom. The molecule has 7 nitrogen and oxygen atoms in total. The minimum atomic E-state index is -3.72. The second-order valence-corrected chi connectivity index (χ2v) is 9.46. The van der Waals surface area contributed by atoms with Crippen molar-refractivity contribution < 1.29 is 22.7 Å². The van der Waals surface area contributed by atoms with E-state index in [1.807, 2.05) is 13.8 Å². The topological polar surface area (TPSA) is 92.8 Å². The Hall–Kier alpha value is -2.55. The summed E-state index contributed by atoms with van der Waals surface area (Å²) in [5.41, 5.74) is 1.51. The zero-order valence-electron chi connectivity index (χ0n) is 17.3. The highest BCUT2D eigenvalue weighted by Crippen LogP contribution is 2.22. The van der Waals surface area contributed by atoms with Gasteiger partial charge in [-0.15, -0.1) is 0 Å². The van der Waals surface area contributed by atoms with E-state index < -0.39 is 10.0 Å². The number of hydrogen-bond acceptors (Lipinski definition) is 6. The van der Waals surface area contributed by atoms with Crippen LogP contribution < -0.4 is 5.32 Å². The molecule has 1 heterocycles. The predicted molar refractivity (Wildman–Crippen MR) is 114 cm³/mol. The molecule has 0 aromatic heterocycles. The molecule has 0 aliphatic carbocycles. The van der Waals surface area contributed by atoms with Crippen molar-refractivity contribution >= 4 is 27.3 Å². The van der Waals surface area contributed by atoms with Crippen molar-refractivity contribution in [3.63, 3.8) is 0 Å². The van der Waals surface area contributed by atoms with E-state index in [2.05, 4.69) is 5.32 Å². The van der Waals surface area contributed by atoms with Crippen LogP contribution in [0.15, 0.2) is 53.4 Å².